The highest BCUT2D eigenvalue weighted by atomic mass is 16.1. The standard InChI is InChI=1S/C42H84O/c1-6-8-10-12-14-16-18-20-22-24-26-28-30-32-34-36-38-40(41(43)42(3,4)5)39-37-35-33-31-29-27-25-23-21-19-17-15-13-11-9-7-2/h40H,6-39H2,1-5H3. The lowest BCUT2D eigenvalue weighted by molar-refractivity contribution is -0.131. The number of rotatable bonds is 35. The Labute approximate surface area is 274 Å². The van der Waals surface area contributed by atoms with Crippen LogP contribution in [0.25, 0.3) is 0 Å². The fraction of sp³-hybridized carbons (Fsp3) is 0.976. The maximum atomic E-state index is 13.1. The van der Waals surface area contributed by atoms with Crippen LogP contribution in [0, 0.1) is 11.3 Å². The Morgan fingerprint density at radius 1 is 0.349 bits per heavy atom. The molecule has 0 bridgehead atoms. The summed E-state index contributed by atoms with van der Waals surface area (Å²) in [6, 6.07) is 0. The molecular weight excluding hydrogens is 520 g/mol. The van der Waals surface area contributed by atoms with Crippen molar-refractivity contribution in [2.45, 2.75) is 253 Å². The molecule has 0 aromatic carbocycles. The fourth-order valence-electron chi connectivity index (χ4n) is 6.90. The molecule has 0 rings (SSSR count). The van der Waals surface area contributed by atoms with E-state index in [1.54, 1.807) is 0 Å². The van der Waals surface area contributed by atoms with E-state index >= 15 is 0 Å². The van der Waals surface area contributed by atoms with Gasteiger partial charge in [-0.25, -0.2) is 0 Å². The molecule has 0 fully saturated rings. The minimum Gasteiger partial charge on any atom is -0.299 e. The maximum Gasteiger partial charge on any atom is 0.141 e. The topological polar surface area (TPSA) is 17.1 Å². The van der Waals surface area contributed by atoms with E-state index < -0.39 is 0 Å². The lowest BCUT2D eigenvalue weighted by Crippen LogP contribution is -2.28. The van der Waals surface area contributed by atoms with Gasteiger partial charge in [0, 0.05) is 11.3 Å². The van der Waals surface area contributed by atoms with E-state index in [1.165, 1.54) is 205 Å². The Morgan fingerprint density at radius 2 is 0.535 bits per heavy atom. The quantitative estimate of drug-likeness (QED) is 0.0658. The SMILES string of the molecule is CCCCCCCCCCCCCCCCCCC(CCCCCCCCCCCCCCCCCC)C(=O)C(C)(C)C. The summed E-state index contributed by atoms with van der Waals surface area (Å²) in [4.78, 5) is 13.1. The summed E-state index contributed by atoms with van der Waals surface area (Å²) in [7, 11) is 0. The zero-order chi connectivity index (χ0) is 31.7. The predicted molar refractivity (Wildman–Crippen MR) is 196 cm³/mol. The van der Waals surface area contributed by atoms with Crippen molar-refractivity contribution >= 4 is 5.78 Å². The molecule has 0 heterocycles. The van der Waals surface area contributed by atoms with Crippen LogP contribution in [0.4, 0.5) is 0 Å². The Balaban J connectivity index is 3.70. The first-order chi connectivity index (χ1) is 20.9. The highest BCUT2D eigenvalue weighted by Crippen LogP contribution is 2.28. The van der Waals surface area contributed by atoms with Crippen molar-refractivity contribution in [1.82, 2.24) is 0 Å². The van der Waals surface area contributed by atoms with E-state index in [0.29, 0.717) is 11.7 Å². The van der Waals surface area contributed by atoms with Crippen LogP contribution in [0.5, 0.6) is 0 Å². The maximum absolute atomic E-state index is 13.1. The first-order valence-corrected chi connectivity index (χ1v) is 20.5. The van der Waals surface area contributed by atoms with Gasteiger partial charge in [0.25, 0.3) is 0 Å². The van der Waals surface area contributed by atoms with Crippen LogP contribution in [0.3, 0.4) is 0 Å². The van der Waals surface area contributed by atoms with Gasteiger partial charge in [-0.2, -0.15) is 0 Å². The predicted octanol–water partition coefficient (Wildman–Crippen LogP) is 15.5. The van der Waals surface area contributed by atoms with Gasteiger partial charge >= 0.3 is 0 Å². The van der Waals surface area contributed by atoms with Gasteiger partial charge in [-0.1, -0.05) is 240 Å². The second-order valence-electron chi connectivity index (χ2n) is 15.5. The molecular formula is C42H84O. The average Bonchev–Trinajstić information content (AvgIpc) is 2.98. The number of hydrogen-bond acceptors (Lipinski definition) is 1. The molecule has 43 heavy (non-hydrogen) atoms. The number of carbonyl (C=O) groups excluding carboxylic acids is 1. The van der Waals surface area contributed by atoms with Crippen molar-refractivity contribution in [2.24, 2.45) is 11.3 Å². The van der Waals surface area contributed by atoms with E-state index in [0.717, 1.165) is 12.8 Å². The molecule has 0 unspecified atom stereocenters. The lowest BCUT2D eigenvalue weighted by atomic mass is 9.78. The van der Waals surface area contributed by atoms with E-state index in [1.807, 2.05) is 0 Å². The van der Waals surface area contributed by atoms with Crippen LogP contribution in [0.1, 0.15) is 253 Å². The molecule has 0 saturated carbocycles. The largest absolute Gasteiger partial charge is 0.299 e. The molecule has 1 heteroatoms. The summed E-state index contributed by atoms with van der Waals surface area (Å²) < 4.78 is 0. The molecule has 0 aliphatic rings. The first kappa shape index (κ1) is 42.7. The monoisotopic (exact) mass is 605 g/mol. The molecule has 0 atom stereocenters. The van der Waals surface area contributed by atoms with Crippen LogP contribution in [-0.4, -0.2) is 5.78 Å². The minimum absolute atomic E-state index is 0.186. The van der Waals surface area contributed by atoms with Crippen LogP contribution >= 0.6 is 0 Å². The third-order valence-electron chi connectivity index (χ3n) is 9.92. The van der Waals surface area contributed by atoms with Gasteiger partial charge in [0.1, 0.15) is 5.78 Å². The zero-order valence-corrected chi connectivity index (χ0v) is 31.0. The molecule has 0 radical (unpaired) electrons. The number of hydrogen-bond donors (Lipinski definition) is 0. The van der Waals surface area contributed by atoms with Gasteiger partial charge in [-0.15, -0.1) is 0 Å². The van der Waals surface area contributed by atoms with Gasteiger partial charge < -0.3 is 0 Å². The Kier molecular flexibility index (Phi) is 32.8. The van der Waals surface area contributed by atoms with Crippen molar-refractivity contribution in [1.29, 1.82) is 0 Å². The fourth-order valence-corrected chi connectivity index (χ4v) is 6.90. The second kappa shape index (κ2) is 33.0. The van der Waals surface area contributed by atoms with Crippen molar-refractivity contribution in [3.05, 3.63) is 0 Å². The van der Waals surface area contributed by atoms with Crippen LogP contribution in [0.2, 0.25) is 0 Å². The van der Waals surface area contributed by atoms with E-state index in [4.69, 9.17) is 0 Å². The molecule has 0 amide bonds. The number of Topliss-reactive ketones (excluding diaryl/α,β-unsaturated/α-hetero) is 1. The smallest absolute Gasteiger partial charge is 0.141 e. The van der Waals surface area contributed by atoms with Gasteiger partial charge in [0.05, 0.1) is 0 Å². The molecule has 1 nitrogen and oxygen atoms in total. The molecule has 258 valence electrons. The third-order valence-corrected chi connectivity index (χ3v) is 9.92. The van der Waals surface area contributed by atoms with Crippen LogP contribution in [0.15, 0.2) is 0 Å². The molecule has 0 aliphatic carbocycles. The Bertz CT molecular complexity index is 508. The summed E-state index contributed by atoms with van der Waals surface area (Å²) in [6.45, 7) is 11.0. The van der Waals surface area contributed by atoms with Crippen molar-refractivity contribution in [3.8, 4) is 0 Å². The van der Waals surface area contributed by atoms with E-state index in [2.05, 4.69) is 34.6 Å². The molecule has 0 aliphatic heterocycles. The molecule has 0 spiro atoms. The highest BCUT2D eigenvalue weighted by Gasteiger charge is 2.28. The van der Waals surface area contributed by atoms with Gasteiger partial charge in [0.15, 0.2) is 0 Å². The minimum atomic E-state index is -0.186. The number of ketones is 1. The zero-order valence-electron chi connectivity index (χ0n) is 31.0. The average molecular weight is 605 g/mol. The Morgan fingerprint density at radius 3 is 0.721 bits per heavy atom. The number of carbonyl (C=O) groups is 1. The van der Waals surface area contributed by atoms with Gasteiger partial charge in [-0.05, 0) is 12.8 Å². The van der Waals surface area contributed by atoms with E-state index in [-0.39, 0.29) is 5.41 Å². The Hall–Kier alpha value is -0.330. The summed E-state index contributed by atoms with van der Waals surface area (Å²) in [5.74, 6) is 0.827. The van der Waals surface area contributed by atoms with Crippen molar-refractivity contribution in [2.75, 3.05) is 0 Å². The normalized spacial score (nSPS) is 12.0. The summed E-state index contributed by atoms with van der Waals surface area (Å²) in [5.41, 5.74) is -0.186. The third kappa shape index (κ3) is 31.4. The van der Waals surface area contributed by atoms with Crippen LogP contribution in [-0.2, 0) is 4.79 Å². The number of unbranched alkanes of at least 4 members (excludes halogenated alkanes) is 30. The summed E-state index contributed by atoms with van der Waals surface area (Å²) in [6.07, 6.45) is 47.5. The van der Waals surface area contributed by atoms with Gasteiger partial charge in [-0.3, -0.25) is 4.79 Å². The van der Waals surface area contributed by atoms with Crippen molar-refractivity contribution < 1.29 is 4.79 Å². The molecule has 0 saturated heterocycles. The summed E-state index contributed by atoms with van der Waals surface area (Å²) in [5, 5.41) is 0. The van der Waals surface area contributed by atoms with E-state index in [9.17, 15) is 4.79 Å². The second-order valence-corrected chi connectivity index (χ2v) is 15.5. The highest BCUT2D eigenvalue weighted by molar-refractivity contribution is 5.85. The molecule has 0 aromatic rings. The van der Waals surface area contributed by atoms with Crippen LogP contribution < -0.4 is 0 Å². The molecule has 0 N–H and O–H groups in total. The molecule has 0 aromatic heterocycles. The summed E-state index contributed by atoms with van der Waals surface area (Å²) >= 11 is 0. The van der Waals surface area contributed by atoms with Gasteiger partial charge in [0.2, 0.25) is 0 Å². The first-order valence-electron chi connectivity index (χ1n) is 20.5. The van der Waals surface area contributed by atoms with Crippen molar-refractivity contribution in [3.63, 3.8) is 0 Å². The lowest BCUT2D eigenvalue weighted by Gasteiger charge is -2.25.